The van der Waals surface area contributed by atoms with Gasteiger partial charge in [-0.15, -0.1) is 0 Å². The number of nitrogens with zero attached hydrogens (tertiary/aromatic N) is 1. The van der Waals surface area contributed by atoms with E-state index in [4.69, 9.17) is 0 Å². The number of quaternary nitrogens is 1. The minimum absolute atomic E-state index is 0.266. The Morgan fingerprint density at radius 1 is 1.40 bits per heavy atom. The Kier molecular flexibility index (Phi) is 3.56. The maximum Gasteiger partial charge on any atom is 0.247 e. The molecule has 3 N–H and O–H groups in total. The molecule has 1 rings (SSSR count). The first kappa shape index (κ1) is 11.4. The minimum atomic E-state index is -1.39. The lowest BCUT2D eigenvalue weighted by Crippen LogP contribution is -2.50. The zero-order valence-electron chi connectivity index (χ0n) is 8.13. The van der Waals surface area contributed by atoms with E-state index in [1.165, 1.54) is 0 Å². The lowest BCUT2D eigenvalue weighted by atomic mass is 10.3. The molecule has 80 valence electrons. The van der Waals surface area contributed by atoms with Crippen LogP contribution in [-0.4, -0.2) is 23.0 Å². The molecule has 5 heteroatoms. The first-order valence-electron chi connectivity index (χ1n) is 4.36. The van der Waals surface area contributed by atoms with Gasteiger partial charge in [0.1, 0.15) is 0 Å². The van der Waals surface area contributed by atoms with Gasteiger partial charge in [0.25, 0.3) is 0 Å². The van der Waals surface area contributed by atoms with Crippen molar-refractivity contribution in [3.05, 3.63) is 43.0 Å². The lowest BCUT2D eigenvalue weighted by molar-refractivity contribution is -0.293. The van der Waals surface area contributed by atoms with Crippen LogP contribution in [0.1, 0.15) is 0 Å². The molecule has 0 saturated carbocycles. The third kappa shape index (κ3) is 3.17. The number of para-hydroxylation sites is 1. The van der Waals surface area contributed by atoms with E-state index in [1.54, 1.807) is 30.3 Å². The summed E-state index contributed by atoms with van der Waals surface area (Å²) >= 11 is 0. The zero-order valence-corrected chi connectivity index (χ0v) is 8.13. The second kappa shape index (κ2) is 4.70. The van der Waals surface area contributed by atoms with Gasteiger partial charge < -0.3 is 5.32 Å². The van der Waals surface area contributed by atoms with Crippen LogP contribution in [0.25, 0.3) is 0 Å². The summed E-state index contributed by atoms with van der Waals surface area (Å²) in [6.45, 7) is 2.91. The van der Waals surface area contributed by atoms with Crippen molar-refractivity contribution < 1.29 is 15.2 Å². The molecule has 1 aromatic carbocycles. The van der Waals surface area contributed by atoms with Crippen molar-refractivity contribution in [2.24, 2.45) is 0 Å². The first-order chi connectivity index (χ1) is 7.06. The fourth-order valence-corrected chi connectivity index (χ4v) is 1.02. The number of rotatable bonds is 4. The Hall–Kier alpha value is -1.69. The van der Waals surface area contributed by atoms with Crippen molar-refractivity contribution in [3.63, 3.8) is 0 Å². The van der Waals surface area contributed by atoms with E-state index in [-0.39, 0.29) is 12.4 Å². The molecule has 5 nitrogen and oxygen atoms in total. The van der Waals surface area contributed by atoms with Crippen LogP contribution >= 0.6 is 0 Å². The highest BCUT2D eigenvalue weighted by molar-refractivity contribution is 5.86. The Balaban J connectivity index is 2.67. The highest BCUT2D eigenvalue weighted by Crippen LogP contribution is 2.15. The third-order valence-electron chi connectivity index (χ3n) is 1.83. The van der Waals surface area contributed by atoms with E-state index in [9.17, 15) is 15.2 Å². The molecule has 0 aliphatic rings. The molecule has 0 unspecified atom stereocenters. The Bertz CT molecular complexity index is 349. The first-order valence-corrected chi connectivity index (χ1v) is 4.36. The van der Waals surface area contributed by atoms with Crippen molar-refractivity contribution in [3.8, 4) is 0 Å². The summed E-state index contributed by atoms with van der Waals surface area (Å²) in [7, 11) is 0. The minimum Gasteiger partial charge on any atom is -0.300 e. The van der Waals surface area contributed by atoms with Crippen LogP contribution < -0.4 is 10.1 Å². The monoisotopic (exact) mass is 209 g/mol. The molecule has 0 bridgehead atoms. The molecule has 1 aromatic rings. The van der Waals surface area contributed by atoms with Crippen LogP contribution in [0.15, 0.2) is 43.0 Å². The van der Waals surface area contributed by atoms with E-state index in [1.807, 2.05) is 0 Å². The van der Waals surface area contributed by atoms with E-state index in [0.717, 1.165) is 6.08 Å². The standard InChI is InChI=1S/C10H12N2O3/c1-2-10(13)11-8-12(14,15)9-6-4-3-5-7-9/h2-7,14-15H,1,8H2/p+1. The molecule has 0 aromatic heterocycles. The van der Waals surface area contributed by atoms with Crippen molar-refractivity contribution in [1.82, 2.24) is 10.1 Å². The van der Waals surface area contributed by atoms with Crippen LogP contribution in [0.4, 0.5) is 5.69 Å². The molecular weight excluding hydrogens is 196 g/mol. The smallest absolute Gasteiger partial charge is 0.247 e. The van der Waals surface area contributed by atoms with Gasteiger partial charge in [0.15, 0.2) is 0 Å². The van der Waals surface area contributed by atoms with Gasteiger partial charge in [-0.1, -0.05) is 24.8 Å². The Labute approximate surface area is 87.4 Å². The quantitative estimate of drug-likeness (QED) is 0.300. The van der Waals surface area contributed by atoms with Crippen LogP contribution in [0.5, 0.6) is 0 Å². The van der Waals surface area contributed by atoms with Crippen LogP contribution in [0.3, 0.4) is 0 Å². The number of amides is 1. The Morgan fingerprint density at radius 3 is 2.53 bits per heavy atom. The second-order valence-electron chi connectivity index (χ2n) is 2.97. The molecule has 0 spiro atoms. The summed E-state index contributed by atoms with van der Waals surface area (Å²) in [5.74, 6) is -0.462. The fourth-order valence-electron chi connectivity index (χ4n) is 1.02. The summed E-state index contributed by atoms with van der Waals surface area (Å²) in [4.78, 5) is 9.44. The molecule has 0 heterocycles. The summed E-state index contributed by atoms with van der Waals surface area (Å²) in [6.07, 6.45) is 1.06. The summed E-state index contributed by atoms with van der Waals surface area (Å²) < 4.78 is 0. The molecule has 0 aliphatic heterocycles. The van der Waals surface area contributed by atoms with Gasteiger partial charge in [-0.3, -0.25) is 4.79 Å². The highest BCUT2D eigenvalue weighted by Gasteiger charge is 2.26. The number of benzene rings is 1. The molecule has 15 heavy (non-hydrogen) atoms. The average molecular weight is 209 g/mol. The SMILES string of the molecule is C=CC(=O)NC[N+](O)(O)c1ccccc1. The van der Waals surface area contributed by atoms with Crippen molar-refractivity contribution in [2.45, 2.75) is 0 Å². The molecule has 0 radical (unpaired) electrons. The molecule has 1 amide bonds. The second-order valence-corrected chi connectivity index (χ2v) is 2.97. The largest absolute Gasteiger partial charge is 0.300 e. The van der Waals surface area contributed by atoms with Gasteiger partial charge in [-0.2, -0.15) is 10.4 Å². The van der Waals surface area contributed by atoms with Crippen molar-refractivity contribution in [2.75, 3.05) is 6.67 Å². The summed E-state index contributed by atoms with van der Waals surface area (Å²) in [5, 5.41) is 21.4. The van der Waals surface area contributed by atoms with Gasteiger partial charge in [-0.25, -0.2) is 0 Å². The number of hydrogen-bond acceptors (Lipinski definition) is 3. The number of carbonyl (C=O) groups excluding carboxylic acids is 1. The third-order valence-corrected chi connectivity index (χ3v) is 1.83. The van der Waals surface area contributed by atoms with E-state index < -0.39 is 10.7 Å². The van der Waals surface area contributed by atoms with Crippen LogP contribution in [-0.2, 0) is 4.79 Å². The van der Waals surface area contributed by atoms with Crippen molar-refractivity contribution in [1.29, 1.82) is 0 Å². The molecule has 0 fully saturated rings. The molecule has 0 aliphatic carbocycles. The van der Waals surface area contributed by atoms with Crippen molar-refractivity contribution >= 4 is 11.6 Å². The van der Waals surface area contributed by atoms with Gasteiger partial charge in [0.05, 0.1) is 0 Å². The van der Waals surface area contributed by atoms with Crippen LogP contribution in [0.2, 0.25) is 0 Å². The number of hydroxylamine groups is 2. The van der Waals surface area contributed by atoms with E-state index in [2.05, 4.69) is 11.9 Å². The topological polar surface area (TPSA) is 69.6 Å². The van der Waals surface area contributed by atoms with Gasteiger partial charge >= 0.3 is 0 Å². The molecular formula is C10H13N2O3+. The van der Waals surface area contributed by atoms with Crippen LogP contribution in [0, 0.1) is 0 Å². The van der Waals surface area contributed by atoms with E-state index >= 15 is 0 Å². The normalized spacial score (nSPS) is 10.8. The van der Waals surface area contributed by atoms with Gasteiger partial charge in [0, 0.05) is 16.9 Å². The van der Waals surface area contributed by atoms with Gasteiger partial charge in [-0.05, 0) is 6.08 Å². The molecule has 0 atom stereocenters. The average Bonchev–Trinajstić information content (AvgIpc) is 2.27. The zero-order chi connectivity index (χ0) is 11.3. The Morgan fingerprint density at radius 2 is 2.00 bits per heavy atom. The maximum absolute atomic E-state index is 10.8. The number of nitrogens with one attached hydrogen (secondary N) is 1. The summed E-state index contributed by atoms with van der Waals surface area (Å²) in [6, 6.07) is 8.18. The fraction of sp³-hybridized carbons (Fsp3) is 0.100. The highest BCUT2D eigenvalue weighted by atomic mass is 16.8. The maximum atomic E-state index is 10.8. The molecule has 0 saturated heterocycles. The van der Waals surface area contributed by atoms with E-state index in [0.29, 0.717) is 0 Å². The number of carbonyl (C=O) groups is 1. The lowest BCUT2D eigenvalue weighted by Gasteiger charge is -2.20. The number of hydrogen-bond donors (Lipinski definition) is 3. The van der Waals surface area contributed by atoms with Gasteiger partial charge in [0.2, 0.25) is 18.3 Å². The summed E-state index contributed by atoms with van der Waals surface area (Å²) in [5.41, 5.74) is 0.266. The predicted molar refractivity (Wildman–Crippen MR) is 55.0 cm³/mol. The predicted octanol–water partition coefficient (Wildman–Crippen LogP) is 1.03.